The van der Waals surface area contributed by atoms with E-state index in [1.807, 2.05) is 11.7 Å². The van der Waals surface area contributed by atoms with Gasteiger partial charge in [0.15, 0.2) is 0 Å². The Hall–Kier alpha value is -0.870. The molecule has 2 unspecified atom stereocenters. The fourth-order valence-electron chi connectivity index (χ4n) is 3.15. The third-order valence-corrected chi connectivity index (χ3v) is 4.80. The highest BCUT2D eigenvalue weighted by molar-refractivity contribution is 5.24. The number of aryl methyl sites for hydroxylation is 2. The number of nitrogens with two attached hydrogens (primary N) is 1. The second-order valence-corrected chi connectivity index (χ2v) is 6.33. The summed E-state index contributed by atoms with van der Waals surface area (Å²) >= 11 is 0. The van der Waals surface area contributed by atoms with Crippen LogP contribution < -0.4 is 11.3 Å². The van der Waals surface area contributed by atoms with Crippen LogP contribution in [0, 0.1) is 19.8 Å². The van der Waals surface area contributed by atoms with Crippen molar-refractivity contribution in [2.45, 2.75) is 78.7 Å². The average molecular weight is 294 g/mol. The third kappa shape index (κ3) is 5.44. The van der Waals surface area contributed by atoms with Gasteiger partial charge in [-0.3, -0.25) is 16.0 Å². The Balaban J connectivity index is 2.53. The van der Waals surface area contributed by atoms with Gasteiger partial charge in [-0.25, -0.2) is 0 Å². The summed E-state index contributed by atoms with van der Waals surface area (Å²) in [5.41, 5.74) is 6.86. The lowest BCUT2D eigenvalue weighted by Crippen LogP contribution is -2.37. The molecule has 0 aromatic carbocycles. The van der Waals surface area contributed by atoms with Gasteiger partial charge in [0.2, 0.25) is 0 Å². The fraction of sp³-hybridized carbons (Fsp3) is 0.824. The highest BCUT2D eigenvalue weighted by atomic mass is 15.3. The molecule has 1 rings (SSSR count). The third-order valence-electron chi connectivity index (χ3n) is 4.80. The number of hydrogen-bond donors (Lipinski definition) is 2. The van der Waals surface area contributed by atoms with Gasteiger partial charge in [0.1, 0.15) is 0 Å². The van der Waals surface area contributed by atoms with Crippen molar-refractivity contribution in [3.8, 4) is 0 Å². The van der Waals surface area contributed by atoms with Crippen molar-refractivity contribution in [1.29, 1.82) is 0 Å². The minimum atomic E-state index is 0.408. The van der Waals surface area contributed by atoms with Gasteiger partial charge in [-0.05, 0) is 44.6 Å². The van der Waals surface area contributed by atoms with Crippen molar-refractivity contribution in [2.75, 3.05) is 0 Å². The molecule has 2 atom stereocenters. The van der Waals surface area contributed by atoms with Crippen LogP contribution in [0.4, 0.5) is 0 Å². The topological polar surface area (TPSA) is 55.9 Å². The largest absolute Gasteiger partial charge is 0.272 e. The number of hydrogen-bond acceptors (Lipinski definition) is 3. The second-order valence-electron chi connectivity index (χ2n) is 6.33. The highest BCUT2D eigenvalue weighted by Crippen LogP contribution is 2.21. The van der Waals surface area contributed by atoms with Gasteiger partial charge in [-0.1, -0.05) is 39.5 Å². The first-order valence-corrected chi connectivity index (χ1v) is 8.48. The Morgan fingerprint density at radius 3 is 2.43 bits per heavy atom. The summed E-state index contributed by atoms with van der Waals surface area (Å²) in [7, 11) is 2.02. The number of aromatic nitrogens is 2. The maximum atomic E-state index is 5.78. The van der Waals surface area contributed by atoms with Crippen molar-refractivity contribution in [1.82, 2.24) is 15.2 Å². The Morgan fingerprint density at radius 1 is 1.24 bits per heavy atom. The molecule has 0 fully saturated rings. The van der Waals surface area contributed by atoms with Gasteiger partial charge >= 0.3 is 0 Å². The zero-order chi connectivity index (χ0) is 15.8. The summed E-state index contributed by atoms with van der Waals surface area (Å²) in [5, 5.41) is 4.50. The summed E-state index contributed by atoms with van der Waals surface area (Å²) in [6.07, 6.45) is 8.53. The lowest BCUT2D eigenvalue weighted by molar-refractivity contribution is 0.340. The zero-order valence-electron chi connectivity index (χ0n) is 14.6. The predicted octanol–water partition coefficient (Wildman–Crippen LogP) is 3.41. The van der Waals surface area contributed by atoms with Crippen molar-refractivity contribution >= 4 is 0 Å². The Bertz CT molecular complexity index is 411. The van der Waals surface area contributed by atoms with Gasteiger partial charge < -0.3 is 0 Å². The standard InChI is InChI=1S/C17H34N4/c1-6-8-9-15(7-2)12-16(19-18)10-11-17-13(3)20-21(5)14(17)4/h15-16,19H,6-12,18H2,1-5H3. The van der Waals surface area contributed by atoms with Crippen LogP contribution in [0.2, 0.25) is 0 Å². The van der Waals surface area contributed by atoms with Crippen LogP contribution in [0.5, 0.6) is 0 Å². The first-order chi connectivity index (χ1) is 10.0. The Kier molecular flexibility index (Phi) is 7.97. The van der Waals surface area contributed by atoms with Crippen LogP contribution in [0.1, 0.15) is 69.3 Å². The smallest absolute Gasteiger partial charge is 0.0628 e. The lowest BCUT2D eigenvalue weighted by atomic mass is 9.90. The molecule has 0 saturated carbocycles. The SMILES string of the molecule is CCCCC(CC)CC(CCc1c(C)nn(C)c1C)NN. The molecule has 0 amide bonds. The van der Waals surface area contributed by atoms with E-state index < -0.39 is 0 Å². The molecule has 4 heteroatoms. The van der Waals surface area contributed by atoms with Crippen LogP contribution in [0.3, 0.4) is 0 Å². The number of unbranched alkanes of at least 4 members (excludes halogenated alkanes) is 1. The first-order valence-electron chi connectivity index (χ1n) is 8.48. The highest BCUT2D eigenvalue weighted by Gasteiger charge is 2.16. The maximum Gasteiger partial charge on any atom is 0.0628 e. The predicted molar refractivity (Wildman–Crippen MR) is 90.0 cm³/mol. The van der Waals surface area contributed by atoms with E-state index in [0.717, 1.165) is 24.5 Å². The molecule has 0 aliphatic rings. The summed E-state index contributed by atoms with van der Waals surface area (Å²) in [6, 6.07) is 0.408. The van der Waals surface area contributed by atoms with E-state index >= 15 is 0 Å². The number of hydrazine groups is 1. The summed E-state index contributed by atoms with van der Waals surface area (Å²) in [6.45, 7) is 8.81. The molecule has 0 bridgehead atoms. The van der Waals surface area contributed by atoms with Crippen molar-refractivity contribution in [3.05, 3.63) is 17.0 Å². The maximum absolute atomic E-state index is 5.78. The van der Waals surface area contributed by atoms with E-state index in [-0.39, 0.29) is 0 Å². The second kappa shape index (κ2) is 9.21. The minimum absolute atomic E-state index is 0.408. The van der Waals surface area contributed by atoms with E-state index in [1.165, 1.54) is 43.4 Å². The zero-order valence-corrected chi connectivity index (χ0v) is 14.6. The van der Waals surface area contributed by atoms with Crippen LogP contribution in [-0.2, 0) is 13.5 Å². The molecule has 0 aliphatic heterocycles. The monoisotopic (exact) mass is 294 g/mol. The molecular weight excluding hydrogens is 260 g/mol. The van der Waals surface area contributed by atoms with E-state index in [2.05, 4.69) is 38.2 Å². The van der Waals surface area contributed by atoms with E-state index in [1.54, 1.807) is 0 Å². The fourth-order valence-corrected chi connectivity index (χ4v) is 3.15. The van der Waals surface area contributed by atoms with Crippen LogP contribution in [-0.4, -0.2) is 15.8 Å². The molecule has 0 radical (unpaired) electrons. The minimum Gasteiger partial charge on any atom is -0.272 e. The van der Waals surface area contributed by atoms with Gasteiger partial charge in [0, 0.05) is 18.8 Å². The number of nitrogens with one attached hydrogen (secondary N) is 1. The van der Waals surface area contributed by atoms with Gasteiger partial charge in [0.25, 0.3) is 0 Å². The molecular formula is C17H34N4. The number of rotatable bonds is 10. The van der Waals surface area contributed by atoms with Crippen molar-refractivity contribution in [3.63, 3.8) is 0 Å². The molecule has 0 spiro atoms. The van der Waals surface area contributed by atoms with Gasteiger partial charge in [0.05, 0.1) is 5.69 Å². The molecule has 0 aliphatic carbocycles. The van der Waals surface area contributed by atoms with E-state index in [4.69, 9.17) is 5.84 Å². The Morgan fingerprint density at radius 2 is 1.95 bits per heavy atom. The van der Waals surface area contributed by atoms with Crippen molar-refractivity contribution < 1.29 is 0 Å². The molecule has 21 heavy (non-hydrogen) atoms. The molecule has 0 saturated heterocycles. The van der Waals surface area contributed by atoms with Crippen LogP contribution in [0.15, 0.2) is 0 Å². The normalized spacial score (nSPS) is 14.4. The number of nitrogens with zero attached hydrogens (tertiary/aromatic N) is 2. The van der Waals surface area contributed by atoms with Gasteiger partial charge in [-0.2, -0.15) is 5.10 Å². The molecule has 122 valence electrons. The summed E-state index contributed by atoms with van der Waals surface area (Å²) < 4.78 is 1.98. The van der Waals surface area contributed by atoms with Crippen LogP contribution in [0.25, 0.3) is 0 Å². The van der Waals surface area contributed by atoms with Crippen molar-refractivity contribution in [2.24, 2.45) is 18.8 Å². The molecule has 1 heterocycles. The molecule has 3 N–H and O–H groups in total. The van der Waals surface area contributed by atoms with E-state index in [9.17, 15) is 0 Å². The van der Waals surface area contributed by atoms with E-state index in [0.29, 0.717) is 6.04 Å². The Labute approximate surface area is 130 Å². The van der Waals surface area contributed by atoms with Crippen LogP contribution >= 0.6 is 0 Å². The lowest BCUT2D eigenvalue weighted by Gasteiger charge is -2.22. The summed E-state index contributed by atoms with van der Waals surface area (Å²) in [5.74, 6) is 6.57. The quantitative estimate of drug-likeness (QED) is 0.513. The molecule has 1 aromatic rings. The van der Waals surface area contributed by atoms with Gasteiger partial charge in [-0.15, -0.1) is 0 Å². The molecule has 1 aromatic heterocycles. The average Bonchev–Trinajstić information content (AvgIpc) is 2.72. The summed E-state index contributed by atoms with van der Waals surface area (Å²) in [4.78, 5) is 0. The molecule has 4 nitrogen and oxygen atoms in total. The first kappa shape index (κ1) is 18.2.